The lowest BCUT2D eigenvalue weighted by molar-refractivity contribution is 0.626. The van der Waals surface area contributed by atoms with Gasteiger partial charge in [-0.05, 0) is 19.3 Å². The number of unbranched alkanes of at least 4 members (excludes halogenated alkanes) is 5. The zero-order valence-corrected chi connectivity index (χ0v) is 12.5. The van der Waals surface area contributed by atoms with E-state index in [1.807, 2.05) is 0 Å². The minimum atomic E-state index is 0.747. The topological polar surface area (TPSA) is 0 Å². The Kier molecular flexibility index (Phi) is 24.2. The Labute approximate surface area is 112 Å². The van der Waals surface area contributed by atoms with Gasteiger partial charge in [0, 0.05) is 11.8 Å². The third-order valence-electron chi connectivity index (χ3n) is 2.17. The van der Waals surface area contributed by atoms with E-state index in [-0.39, 0.29) is 0 Å². The summed E-state index contributed by atoms with van der Waals surface area (Å²) in [6.45, 7) is 4.35. The van der Waals surface area contributed by atoms with Gasteiger partial charge in [0.05, 0.1) is 0 Å². The zero-order valence-electron chi connectivity index (χ0n) is 11.0. The molecule has 0 unspecified atom stereocenters. The summed E-state index contributed by atoms with van der Waals surface area (Å²) in [5, 5.41) is 0. The molecular weight excluding hydrogens is 239 g/mol. The van der Waals surface area contributed by atoms with Crippen LogP contribution in [0.5, 0.6) is 0 Å². The monoisotopic (exact) mass is 266 g/mol. The molecule has 0 fully saturated rings. The molecule has 0 bridgehead atoms. The molecule has 98 valence electrons. The lowest BCUT2D eigenvalue weighted by Gasteiger charge is -1.95. The van der Waals surface area contributed by atoms with Crippen LogP contribution in [0.25, 0.3) is 0 Å². The molecule has 0 heterocycles. The summed E-state index contributed by atoms with van der Waals surface area (Å²) in [6.07, 6.45) is 14.4. The van der Waals surface area contributed by atoms with Crippen molar-refractivity contribution < 1.29 is 0 Å². The normalized spacial score (nSPS) is 10.2. The molecule has 0 saturated carbocycles. The van der Waals surface area contributed by atoms with Crippen molar-refractivity contribution in [2.24, 2.45) is 0 Å². The van der Waals surface area contributed by atoms with Gasteiger partial charge in [0.1, 0.15) is 0 Å². The van der Waals surface area contributed by atoms with Crippen LogP contribution >= 0.6 is 23.2 Å². The van der Waals surface area contributed by atoms with E-state index >= 15 is 0 Å². The van der Waals surface area contributed by atoms with E-state index < -0.39 is 0 Å². The van der Waals surface area contributed by atoms with E-state index in [0.717, 1.165) is 24.6 Å². The molecule has 0 aliphatic heterocycles. The van der Waals surface area contributed by atoms with Gasteiger partial charge in [0.25, 0.3) is 0 Å². The molecule has 0 amide bonds. The summed E-state index contributed by atoms with van der Waals surface area (Å²) in [4.78, 5) is 0. The number of hydrogen-bond acceptors (Lipinski definition) is 0. The summed E-state index contributed by atoms with van der Waals surface area (Å²) in [5.41, 5.74) is 0. The first-order valence-electron chi connectivity index (χ1n) is 6.60. The van der Waals surface area contributed by atoms with Gasteiger partial charge < -0.3 is 0 Å². The van der Waals surface area contributed by atoms with E-state index in [0.29, 0.717) is 0 Å². The van der Waals surface area contributed by atoms with Crippen LogP contribution in [0.4, 0.5) is 0 Å². The molecule has 0 aromatic carbocycles. The molecule has 0 saturated heterocycles. The van der Waals surface area contributed by atoms with Gasteiger partial charge in [-0.2, -0.15) is 0 Å². The minimum absolute atomic E-state index is 0.747. The Balaban J connectivity index is 0. The van der Waals surface area contributed by atoms with Gasteiger partial charge in [-0.25, -0.2) is 0 Å². The fourth-order valence-electron chi connectivity index (χ4n) is 1.22. The van der Waals surface area contributed by atoms with E-state index in [1.54, 1.807) is 0 Å². The maximum Gasteiger partial charge on any atom is 0.0257 e. The molecule has 0 aliphatic carbocycles. The van der Waals surface area contributed by atoms with Crippen LogP contribution in [0.2, 0.25) is 0 Å². The van der Waals surface area contributed by atoms with Crippen molar-refractivity contribution in [3.05, 3.63) is 12.2 Å². The summed E-state index contributed by atoms with van der Waals surface area (Å²) < 4.78 is 0. The Morgan fingerprint density at radius 1 is 0.750 bits per heavy atom. The van der Waals surface area contributed by atoms with Crippen molar-refractivity contribution >= 4 is 23.2 Å². The molecule has 16 heavy (non-hydrogen) atoms. The molecule has 0 aromatic rings. The number of hydrogen-bond donors (Lipinski definition) is 0. The fraction of sp³-hybridized carbons (Fsp3) is 0.857. The maximum atomic E-state index is 5.51. The Morgan fingerprint density at radius 2 is 1.38 bits per heavy atom. The van der Waals surface area contributed by atoms with Gasteiger partial charge in [-0.1, -0.05) is 58.1 Å². The van der Waals surface area contributed by atoms with E-state index in [9.17, 15) is 0 Å². The molecule has 0 atom stereocenters. The van der Waals surface area contributed by atoms with Gasteiger partial charge in [-0.15, -0.1) is 23.2 Å². The van der Waals surface area contributed by atoms with E-state index in [1.165, 1.54) is 38.5 Å². The highest BCUT2D eigenvalue weighted by atomic mass is 35.5. The van der Waals surface area contributed by atoms with Crippen molar-refractivity contribution in [1.29, 1.82) is 0 Å². The smallest absolute Gasteiger partial charge is 0.0257 e. The highest BCUT2D eigenvalue weighted by molar-refractivity contribution is 6.18. The molecule has 0 radical (unpaired) electrons. The Hall–Kier alpha value is 0.320. The van der Waals surface area contributed by atoms with Crippen LogP contribution in [-0.2, 0) is 0 Å². The van der Waals surface area contributed by atoms with Crippen molar-refractivity contribution in [3.63, 3.8) is 0 Å². The van der Waals surface area contributed by atoms with Crippen molar-refractivity contribution in [2.45, 2.75) is 65.2 Å². The largest absolute Gasteiger partial charge is 0.127 e. The average Bonchev–Trinajstić information content (AvgIpc) is 2.31. The Bertz CT molecular complexity index is 116. The van der Waals surface area contributed by atoms with Crippen LogP contribution < -0.4 is 0 Å². The fourth-order valence-corrected chi connectivity index (χ4v) is 1.54. The van der Waals surface area contributed by atoms with Crippen LogP contribution in [0.3, 0.4) is 0 Å². The van der Waals surface area contributed by atoms with Gasteiger partial charge >= 0.3 is 0 Å². The third kappa shape index (κ3) is 23.9. The molecule has 0 aliphatic rings. The highest BCUT2D eigenvalue weighted by Gasteiger charge is 1.86. The van der Waals surface area contributed by atoms with Crippen LogP contribution in [0.15, 0.2) is 12.2 Å². The number of allylic oxidation sites excluding steroid dienone is 2. The predicted octanol–water partition coefficient (Wildman–Crippen LogP) is 6.17. The molecular formula is C14H28Cl2. The van der Waals surface area contributed by atoms with E-state index in [4.69, 9.17) is 23.2 Å². The molecule has 0 N–H and O–H groups in total. The lowest BCUT2D eigenvalue weighted by Crippen LogP contribution is -1.78. The maximum absolute atomic E-state index is 5.51. The number of rotatable bonds is 9. The van der Waals surface area contributed by atoms with Gasteiger partial charge in [-0.3, -0.25) is 0 Å². The number of alkyl halides is 2. The minimum Gasteiger partial charge on any atom is -0.127 e. The lowest BCUT2D eigenvalue weighted by atomic mass is 10.1. The summed E-state index contributed by atoms with van der Waals surface area (Å²) in [7, 11) is 0. The first kappa shape index (κ1) is 18.7. The standard InChI is InChI=1S/C8H17Cl.C6H11Cl/c1-2-3-4-5-6-7-8-9;1-2-3-4-5-6-7/h2-8H2,1H3;3-4H,2,5-6H2,1H3. The summed E-state index contributed by atoms with van der Waals surface area (Å²) >= 11 is 10.9. The summed E-state index contributed by atoms with van der Waals surface area (Å²) in [6, 6.07) is 0. The highest BCUT2D eigenvalue weighted by Crippen LogP contribution is 2.04. The zero-order chi connectivity index (χ0) is 12.5. The van der Waals surface area contributed by atoms with Crippen LogP contribution in [0, 0.1) is 0 Å². The molecule has 0 rings (SSSR count). The van der Waals surface area contributed by atoms with Gasteiger partial charge in [0.2, 0.25) is 0 Å². The number of halogens is 2. The first-order chi connectivity index (χ1) is 7.83. The van der Waals surface area contributed by atoms with Crippen molar-refractivity contribution in [2.75, 3.05) is 11.8 Å². The third-order valence-corrected chi connectivity index (χ3v) is 2.65. The second-order valence-electron chi connectivity index (χ2n) is 3.81. The molecule has 0 nitrogen and oxygen atoms in total. The quantitative estimate of drug-likeness (QED) is 0.266. The first-order valence-corrected chi connectivity index (χ1v) is 7.67. The second-order valence-corrected chi connectivity index (χ2v) is 4.57. The molecule has 0 aromatic heterocycles. The van der Waals surface area contributed by atoms with Gasteiger partial charge in [0.15, 0.2) is 0 Å². The van der Waals surface area contributed by atoms with E-state index in [2.05, 4.69) is 26.0 Å². The average molecular weight is 267 g/mol. The van der Waals surface area contributed by atoms with Crippen LogP contribution in [-0.4, -0.2) is 11.8 Å². The Morgan fingerprint density at radius 3 is 1.88 bits per heavy atom. The molecule has 2 heteroatoms. The second kappa shape index (κ2) is 20.7. The SMILES string of the molecule is CCC=CCCCl.CCCCCCCCCl. The van der Waals surface area contributed by atoms with Crippen molar-refractivity contribution in [1.82, 2.24) is 0 Å². The van der Waals surface area contributed by atoms with Crippen LogP contribution in [0.1, 0.15) is 65.2 Å². The van der Waals surface area contributed by atoms with Crippen molar-refractivity contribution in [3.8, 4) is 0 Å². The molecule has 0 spiro atoms. The predicted molar refractivity (Wildman–Crippen MR) is 78.9 cm³/mol. The summed E-state index contributed by atoms with van der Waals surface area (Å²) in [5.74, 6) is 1.59.